The predicted octanol–water partition coefficient (Wildman–Crippen LogP) is 3.83. The molecule has 0 atom stereocenters. The fourth-order valence-corrected chi connectivity index (χ4v) is 5.07. The number of rotatable bonds is 0. The topological polar surface area (TPSA) is 26.0 Å². The van der Waals surface area contributed by atoms with Crippen molar-refractivity contribution in [2.45, 2.75) is 0 Å². The molecule has 0 heterocycles. The van der Waals surface area contributed by atoms with Crippen LogP contribution in [0.1, 0.15) is 0 Å². The molecule has 5 aromatic carbocycles. The lowest BCUT2D eigenvalue weighted by Crippen LogP contribution is -2.20. The van der Waals surface area contributed by atoms with E-state index in [1.165, 1.54) is 0 Å². The first-order chi connectivity index (χ1) is 25.3. The van der Waals surface area contributed by atoms with Crippen LogP contribution in [0.3, 0.4) is 0 Å². The van der Waals surface area contributed by atoms with Crippen LogP contribution >= 0.6 is 0 Å². The molecule has 0 saturated carbocycles. The second kappa shape index (κ2) is 21.2. The summed E-state index contributed by atoms with van der Waals surface area (Å²) >= 11 is -0.893. The molecule has 0 aliphatic heterocycles. The van der Waals surface area contributed by atoms with Crippen molar-refractivity contribution in [3.8, 4) is 0 Å². The number of hydrogen-bond donors (Lipinski definition) is 1. The molecular weight excluding hydrogens is 862 g/mol. The minimum absolute atomic E-state index is 0.223. The van der Waals surface area contributed by atoms with Gasteiger partial charge in [-0.1, -0.05) is 18.2 Å². The predicted molar refractivity (Wildman–Crippen MR) is 168 cm³/mol. The van der Waals surface area contributed by atoms with Crippen LogP contribution in [-0.2, 0) is 0 Å². The summed E-state index contributed by atoms with van der Waals surface area (Å²) in [7, 11) is 0. The van der Waals surface area contributed by atoms with Crippen LogP contribution < -0.4 is 23.4 Å². The van der Waals surface area contributed by atoms with Gasteiger partial charge in [0, 0.05) is 5.69 Å². The third kappa shape index (κ3) is 11.8. The van der Waals surface area contributed by atoms with Gasteiger partial charge in [0.05, 0.1) is 0 Å². The highest BCUT2D eigenvalue weighted by Gasteiger charge is 2.25. The standard InChI is InChI=1S/4C6F5.C6H7N.4Al.8H/c4*7-2-1-3(8)5(10)6(11)4(2)9;7-6-4-2-1-3-5-6;;;;;;;;;;;;/h;;;;1-5H,7H2;;;;;;;;;;;;. The Hall–Kier alpha value is -3.37. The molecule has 25 heteroatoms. The number of para-hydroxylation sites is 1. The number of benzene rings is 5. The summed E-state index contributed by atoms with van der Waals surface area (Å²) in [6, 6.07) is 9.49. The summed E-state index contributed by atoms with van der Waals surface area (Å²) in [4.78, 5) is 0. The summed E-state index contributed by atoms with van der Waals surface area (Å²) in [5.74, 6) is -37.2. The average Bonchev–Trinajstić information content (AvgIpc) is 3.18. The highest BCUT2D eigenvalue weighted by molar-refractivity contribution is 6.33. The summed E-state index contributed by atoms with van der Waals surface area (Å²) in [5, 5.41) is 0. The van der Waals surface area contributed by atoms with Gasteiger partial charge in [-0.25, -0.2) is 87.8 Å². The summed E-state index contributed by atoms with van der Waals surface area (Å²) in [6.07, 6.45) is 0. The molecule has 5 aromatic rings. The summed E-state index contributed by atoms with van der Waals surface area (Å²) in [5.41, 5.74) is 6.18. The van der Waals surface area contributed by atoms with Crippen molar-refractivity contribution >= 4 is 88.6 Å². The zero-order valence-electron chi connectivity index (χ0n) is 27.5. The Morgan fingerprint density at radius 3 is 0.473 bits per heavy atom. The van der Waals surface area contributed by atoms with Crippen molar-refractivity contribution in [3.05, 3.63) is 147 Å². The van der Waals surface area contributed by atoms with Gasteiger partial charge in [0.2, 0.25) is 0 Å². The number of nitrogen functional groups attached to an aromatic ring is 1. The van der Waals surface area contributed by atoms with E-state index in [1.807, 2.05) is 30.3 Å². The molecule has 1 nitrogen and oxygen atoms in total. The minimum atomic E-state index is -2.11. The summed E-state index contributed by atoms with van der Waals surface area (Å²) in [6.45, 7) is 0. The van der Waals surface area contributed by atoms with Crippen LogP contribution in [0.25, 0.3) is 0 Å². The maximum Gasteiger partial charge on any atom is 0.268 e. The van der Waals surface area contributed by atoms with Crippen molar-refractivity contribution in [2.75, 3.05) is 5.73 Å². The van der Waals surface area contributed by atoms with Crippen LogP contribution in [0.15, 0.2) is 30.3 Å². The molecule has 292 valence electrons. The van der Waals surface area contributed by atoms with Gasteiger partial charge in [-0.3, -0.25) is 0 Å². The van der Waals surface area contributed by atoms with Gasteiger partial charge in [0.15, 0.2) is 116 Å². The fourth-order valence-electron chi connectivity index (χ4n) is 3.31. The molecule has 0 fully saturated rings. The van der Waals surface area contributed by atoms with Crippen LogP contribution in [-0.4, -0.2) is 65.2 Å². The van der Waals surface area contributed by atoms with Gasteiger partial charge in [0.25, 0.3) is 65.2 Å². The van der Waals surface area contributed by atoms with E-state index in [0.29, 0.717) is 0 Å². The molecule has 0 radical (unpaired) electrons. The first-order valence-corrected chi connectivity index (χ1v) is 18.0. The second-order valence-corrected chi connectivity index (χ2v) is 14.2. The molecule has 0 unspecified atom stereocenters. The normalized spacial score (nSPS) is 10.2. The molecule has 2 N–H and O–H groups in total. The molecule has 0 saturated heterocycles. The van der Waals surface area contributed by atoms with Crippen molar-refractivity contribution in [1.29, 1.82) is 0 Å². The van der Waals surface area contributed by atoms with Crippen LogP contribution in [0.2, 0.25) is 0 Å². The fraction of sp³-hybridized carbons (Fsp3) is 0. The van der Waals surface area contributed by atoms with Gasteiger partial charge < -0.3 is 5.73 Å². The van der Waals surface area contributed by atoms with Gasteiger partial charge in [-0.05, 0) is 29.8 Å². The third-order valence-corrected chi connectivity index (χ3v) is 10.0. The first kappa shape index (κ1) is 49.6. The van der Waals surface area contributed by atoms with Crippen molar-refractivity contribution in [1.82, 2.24) is 0 Å². The largest absolute Gasteiger partial charge is 0.399 e. The van der Waals surface area contributed by atoms with E-state index >= 15 is 0 Å². The number of nitrogens with two attached hydrogens (primary N) is 1. The highest BCUT2D eigenvalue weighted by Crippen LogP contribution is 2.17. The first-order valence-electron chi connectivity index (χ1n) is 14.0. The lowest BCUT2D eigenvalue weighted by molar-refractivity contribution is 0.384. The maximum atomic E-state index is 12.4. The van der Waals surface area contributed by atoms with E-state index in [1.54, 1.807) is 0 Å². The molecule has 5 rings (SSSR count). The molecule has 55 heavy (non-hydrogen) atoms. The molecule has 0 bridgehead atoms. The zero-order chi connectivity index (χ0) is 43.0. The minimum Gasteiger partial charge on any atom is -0.399 e. The van der Waals surface area contributed by atoms with E-state index < -0.39 is 134 Å². The molecule has 0 aromatic heterocycles. The third-order valence-electron chi connectivity index (χ3n) is 6.52. The SMILES string of the molecule is Fc1c(F)c(F)[c]([AlH2])c(F)c1F.Fc1c(F)c(F)[c]([AlH2])c(F)c1F.Fc1c(F)c(F)[c]([AlH2])c(F)c1F.Fc1c(F)c(F)[c]([AlH2])c(F)c1F.Nc1ccccc1. The summed E-state index contributed by atoms with van der Waals surface area (Å²) < 4.78 is 244. The Bertz CT molecular complexity index is 1500. The van der Waals surface area contributed by atoms with Crippen LogP contribution in [0.4, 0.5) is 93.5 Å². The second-order valence-electron chi connectivity index (χ2n) is 10.2. The van der Waals surface area contributed by atoms with Crippen molar-refractivity contribution in [2.24, 2.45) is 0 Å². The Balaban J connectivity index is 0.000000347. The maximum absolute atomic E-state index is 12.4. The van der Waals surface area contributed by atoms with Gasteiger partial charge in [-0.2, -0.15) is 0 Å². The molecule has 0 spiro atoms. The molecule has 0 amide bonds. The van der Waals surface area contributed by atoms with E-state index in [4.69, 9.17) is 5.73 Å². The van der Waals surface area contributed by atoms with Gasteiger partial charge >= 0.3 is 0 Å². The van der Waals surface area contributed by atoms with Crippen LogP contribution in [0, 0.1) is 116 Å². The molecular formula is C30H15Al4F20N. The van der Waals surface area contributed by atoms with E-state index in [2.05, 4.69) is 0 Å². The monoisotopic (exact) mass is 877 g/mol. The Morgan fingerprint density at radius 1 is 0.236 bits per heavy atom. The van der Waals surface area contributed by atoms with Crippen LogP contribution in [0.5, 0.6) is 0 Å². The Labute approximate surface area is 327 Å². The quantitative estimate of drug-likeness (QED) is 0.0829. The molecule has 0 aliphatic carbocycles. The lowest BCUT2D eigenvalue weighted by Gasteiger charge is -2.02. The van der Waals surface area contributed by atoms with E-state index in [0.717, 1.165) is 5.69 Å². The zero-order valence-corrected chi connectivity index (χ0v) is 35.5. The van der Waals surface area contributed by atoms with Crippen molar-refractivity contribution < 1.29 is 87.8 Å². The van der Waals surface area contributed by atoms with E-state index in [-0.39, 0.29) is 65.2 Å². The highest BCUT2D eigenvalue weighted by atomic mass is 27.1. The Kier molecular flexibility index (Phi) is 19.2. The number of hydrogen-bond acceptors (Lipinski definition) is 1. The average molecular weight is 877 g/mol. The van der Waals surface area contributed by atoms with E-state index in [9.17, 15) is 87.8 Å². The Morgan fingerprint density at radius 2 is 0.364 bits per heavy atom. The smallest absolute Gasteiger partial charge is 0.268 e. The van der Waals surface area contributed by atoms with Gasteiger partial charge in [-0.15, -0.1) is 0 Å². The lowest BCUT2D eigenvalue weighted by atomic mass is 10.3. The number of anilines is 1. The van der Waals surface area contributed by atoms with Crippen molar-refractivity contribution in [3.63, 3.8) is 0 Å². The molecule has 0 aliphatic rings. The number of halogens is 20. The van der Waals surface area contributed by atoms with Gasteiger partial charge in [0.1, 0.15) is 0 Å².